The SMILES string of the molecule is CCCNC(=O)CSc1nnc2[nH]c(=O)cc(C(C)C)n12. The third-order valence-corrected chi connectivity index (χ3v) is 3.83. The molecule has 0 aromatic carbocycles. The number of aromatic nitrogens is 4. The highest BCUT2D eigenvalue weighted by Gasteiger charge is 2.15. The van der Waals surface area contributed by atoms with Crippen LogP contribution in [0.1, 0.15) is 38.8 Å². The molecule has 8 heteroatoms. The molecule has 0 aliphatic carbocycles. The van der Waals surface area contributed by atoms with Gasteiger partial charge in [-0.3, -0.25) is 19.0 Å². The summed E-state index contributed by atoms with van der Waals surface area (Å²) < 4.78 is 1.80. The molecular weight excluding hydrogens is 290 g/mol. The number of rotatable bonds is 6. The molecule has 0 unspecified atom stereocenters. The number of hydrogen-bond acceptors (Lipinski definition) is 5. The Morgan fingerprint density at radius 3 is 2.90 bits per heavy atom. The van der Waals surface area contributed by atoms with Crippen LogP contribution < -0.4 is 10.9 Å². The Balaban J connectivity index is 2.25. The Hall–Kier alpha value is -1.83. The Morgan fingerprint density at radius 2 is 2.24 bits per heavy atom. The Kier molecular flexibility index (Phi) is 5.00. The number of nitrogens with one attached hydrogen (secondary N) is 2. The topological polar surface area (TPSA) is 92.2 Å². The molecule has 0 atom stereocenters. The summed E-state index contributed by atoms with van der Waals surface area (Å²) in [4.78, 5) is 25.9. The van der Waals surface area contributed by atoms with Crippen molar-refractivity contribution >= 4 is 23.4 Å². The quantitative estimate of drug-likeness (QED) is 0.781. The first-order valence-electron chi connectivity index (χ1n) is 6.90. The van der Waals surface area contributed by atoms with E-state index in [4.69, 9.17) is 0 Å². The second-order valence-corrected chi connectivity index (χ2v) is 5.94. The minimum atomic E-state index is -0.198. The van der Waals surface area contributed by atoms with Gasteiger partial charge in [0.25, 0.3) is 5.56 Å². The van der Waals surface area contributed by atoms with Gasteiger partial charge in [0, 0.05) is 18.3 Å². The fraction of sp³-hybridized carbons (Fsp3) is 0.538. The van der Waals surface area contributed by atoms with Crippen molar-refractivity contribution in [1.82, 2.24) is 24.9 Å². The lowest BCUT2D eigenvalue weighted by atomic mass is 10.1. The molecule has 21 heavy (non-hydrogen) atoms. The maximum absolute atomic E-state index is 11.7. The highest BCUT2D eigenvalue weighted by molar-refractivity contribution is 7.99. The summed E-state index contributed by atoms with van der Waals surface area (Å²) in [6, 6.07) is 1.54. The van der Waals surface area contributed by atoms with Gasteiger partial charge >= 0.3 is 0 Å². The van der Waals surface area contributed by atoms with E-state index in [1.165, 1.54) is 11.8 Å². The number of amides is 1. The maximum atomic E-state index is 11.7. The van der Waals surface area contributed by atoms with Crippen molar-refractivity contribution in [2.45, 2.75) is 38.3 Å². The normalized spacial score (nSPS) is 11.2. The molecular formula is C13H19N5O2S. The van der Waals surface area contributed by atoms with Crippen LogP contribution in [0.2, 0.25) is 0 Å². The molecule has 2 heterocycles. The van der Waals surface area contributed by atoms with Gasteiger partial charge in [0.2, 0.25) is 11.7 Å². The number of nitrogens with zero attached hydrogens (tertiary/aromatic N) is 3. The molecule has 0 aliphatic heterocycles. The van der Waals surface area contributed by atoms with Crippen LogP contribution in [0, 0.1) is 0 Å². The van der Waals surface area contributed by atoms with E-state index < -0.39 is 0 Å². The van der Waals surface area contributed by atoms with Crippen LogP contribution in [0.3, 0.4) is 0 Å². The van der Waals surface area contributed by atoms with Gasteiger partial charge in [-0.05, 0) is 12.3 Å². The summed E-state index contributed by atoms with van der Waals surface area (Å²) in [5, 5.41) is 11.4. The number of carbonyl (C=O) groups is 1. The van der Waals surface area contributed by atoms with Crippen molar-refractivity contribution in [2.75, 3.05) is 12.3 Å². The molecule has 0 radical (unpaired) electrons. The minimum absolute atomic E-state index is 0.0332. The molecule has 2 rings (SSSR count). The van der Waals surface area contributed by atoms with E-state index in [9.17, 15) is 9.59 Å². The standard InChI is InChI=1S/C13H19N5O2S/c1-4-5-14-11(20)7-21-13-17-16-12-15-10(19)6-9(8(2)3)18(12)13/h6,8H,4-5,7H2,1-3H3,(H,14,20)(H,15,16,19). The highest BCUT2D eigenvalue weighted by atomic mass is 32.2. The Labute approximate surface area is 126 Å². The number of thioether (sulfide) groups is 1. The molecule has 2 N–H and O–H groups in total. The summed E-state index contributed by atoms with van der Waals surface area (Å²) in [6.45, 7) is 6.67. The third-order valence-electron chi connectivity index (χ3n) is 2.90. The van der Waals surface area contributed by atoms with Crippen LogP contribution >= 0.6 is 11.8 Å². The summed E-state index contributed by atoms with van der Waals surface area (Å²) in [7, 11) is 0. The predicted octanol–water partition coefficient (Wildman–Crippen LogP) is 1.16. The lowest BCUT2D eigenvalue weighted by Crippen LogP contribution is -2.25. The van der Waals surface area contributed by atoms with E-state index >= 15 is 0 Å². The summed E-state index contributed by atoms with van der Waals surface area (Å²) in [5.41, 5.74) is 0.631. The zero-order chi connectivity index (χ0) is 15.4. The predicted molar refractivity (Wildman–Crippen MR) is 81.7 cm³/mol. The fourth-order valence-corrected chi connectivity index (χ4v) is 2.67. The van der Waals surface area contributed by atoms with Crippen LogP contribution in [0.5, 0.6) is 0 Å². The maximum Gasteiger partial charge on any atom is 0.252 e. The second kappa shape index (κ2) is 6.75. The van der Waals surface area contributed by atoms with E-state index in [2.05, 4.69) is 20.5 Å². The molecule has 2 aromatic heterocycles. The van der Waals surface area contributed by atoms with Crippen LogP contribution in [0.4, 0.5) is 0 Å². The van der Waals surface area contributed by atoms with Crippen LogP contribution in [0.25, 0.3) is 5.78 Å². The average Bonchev–Trinajstić information content (AvgIpc) is 2.84. The van der Waals surface area contributed by atoms with Gasteiger partial charge in [-0.15, -0.1) is 10.2 Å². The van der Waals surface area contributed by atoms with E-state index in [0.717, 1.165) is 12.1 Å². The van der Waals surface area contributed by atoms with Crippen molar-refractivity contribution < 1.29 is 4.79 Å². The van der Waals surface area contributed by atoms with E-state index in [1.807, 2.05) is 20.8 Å². The minimum Gasteiger partial charge on any atom is -0.355 e. The van der Waals surface area contributed by atoms with Crippen molar-refractivity contribution in [2.24, 2.45) is 0 Å². The summed E-state index contributed by atoms with van der Waals surface area (Å²) in [5.74, 6) is 0.799. The second-order valence-electron chi connectivity index (χ2n) is 4.99. The molecule has 1 amide bonds. The molecule has 114 valence electrons. The number of aromatic amines is 1. The zero-order valence-electron chi connectivity index (χ0n) is 12.3. The van der Waals surface area contributed by atoms with Gasteiger partial charge in [-0.2, -0.15) is 0 Å². The highest BCUT2D eigenvalue weighted by Crippen LogP contribution is 2.21. The summed E-state index contributed by atoms with van der Waals surface area (Å²) >= 11 is 1.31. The smallest absolute Gasteiger partial charge is 0.252 e. The number of hydrogen-bond donors (Lipinski definition) is 2. The fourth-order valence-electron chi connectivity index (χ4n) is 1.89. The average molecular weight is 309 g/mol. The van der Waals surface area contributed by atoms with Crippen molar-refractivity contribution in [3.8, 4) is 0 Å². The first-order chi connectivity index (χ1) is 10.0. The van der Waals surface area contributed by atoms with Gasteiger partial charge in [0.05, 0.1) is 5.75 Å². The molecule has 2 aromatic rings. The van der Waals surface area contributed by atoms with Crippen molar-refractivity contribution in [3.05, 3.63) is 22.1 Å². The van der Waals surface area contributed by atoms with Gasteiger partial charge in [0.1, 0.15) is 0 Å². The number of H-pyrrole nitrogens is 1. The molecule has 0 bridgehead atoms. The van der Waals surface area contributed by atoms with E-state index in [0.29, 0.717) is 17.5 Å². The molecule has 0 aliphatic rings. The van der Waals surface area contributed by atoms with Gasteiger partial charge in [0.15, 0.2) is 5.16 Å². The monoisotopic (exact) mass is 309 g/mol. The van der Waals surface area contributed by atoms with Gasteiger partial charge in [-0.1, -0.05) is 32.5 Å². The summed E-state index contributed by atoms with van der Waals surface area (Å²) in [6.07, 6.45) is 0.906. The molecule has 7 nitrogen and oxygen atoms in total. The largest absolute Gasteiger partial charge is 0.355 e. The van der Waals surface area contributed by atoms with Crippen molar-refractivity contribution in [3.63, 3.8) is 0 Å². The van der Waals surface area contributed by atoms with Gasteiger partial charge < -0.3 is 5.32 Å². The number of fused-ring (bicyclic) bond motifs is 1. The van der Waals surface area contributed by atoms with E-state index in [1.54, 1.807) is 10.5 Å². The first-order valence-corrected chi connectivity index (χ1v) is 7.89. The zero-order valence-corrected chi connectivity index (χ0v) is 13.2. The molecule has 0 saturated heterocycles. The first kappa shape index (κ1) is 15.6. The van der Waals surface area contributed by atoms with Crippen LogP contribution in [-0.2, 0) is 4.79 Å². The van der Waals surface area contributed by atoms with Crippen LogP contribution in [-0.4, -0.2) is 37.8 Å². The van der Waals surface area contributed by atoms with Crippen LogP contribution in [0.15, 0.2) is 16.0 Å². The lowest BCUT2D eigenvalue weighted by molar-refractivity contribution is -0.118. The Morgan fingerprint density at radius 1 is 1.48 bits per heavy atom. The lowest BCUT2D eigenvalue weighted by Gasteiger charge is -2.09. The number of carbonyl (C=O) groups excluding carboxylic acids is 1. The van der Waals surface area contributed by atoms with E-state index in [-0.39, 0.29) is 23.1 Å². The molecule has 0 saturated carbocycles. The van der Waals surface area contributed by atoms with Gasteiger partial charge in [-0.25, -0.2) is 0 Å². The molecule has 0 spiro atoms. The Bertz CT molecular complexity index is 691. The van der Waals surface area contributed by atoms with Crippen molar-refractivity contribution in [1.29, 1.82) is 0 Å². The molecule has 0 fully saturated rings. The third kappa shape index (κ3) is 3.63.